The number of piperidine rings is 1. The Hall–Kier alpha value is -0.770. The molecule has 0 aromatic rings. The van der Waals surface area contributed by atoms with Gasteiger partial charge in [-0.2, -0.15) is 0 Å². The van der Waals surface area contributed by atoms with Crippen molar-refractivity contribution in [2.24, 2.45) is 5.41 Å². The highest BCUT2D eigenvalue weighted by Crippen LogP contribution is 2.48. The first-order valence-corrected chi connectivity index (χ1v) is 4.80. The van der Waals surface area contributed by atoms with E-state index >= 15 is 0 Å². The highest BCUT2D eigenvalue weighted by molar-refractivity contribution is 5.65. The Balaban J connectivity index is 1.92. The van der Waals surface area contributed by atoms with Gasteiger partial charge in [-0.25, -0.2) is 4.79 Å². The molecule has 2 fully saturated rings. The first kappa shape index (κ1) is 8.81. The molecule has 1 atom stereocenters. The van der Waals surface area contributed by atoms with Crippen LogP contribution in [0.3, 0.4) is 0 Å². The quantitative estimate of drug-likeness (QED) is 0.589. The predicted molar refractivity (Wildman–Crippen MR) is 46.5 cm³/mol. The van der Waals surface area contributed by atoms with Gasteiger partial charge >= 0.3 is 6.09 Å². The standard InChI is InChI=1S/C9H15NO3/c11-7-1-2-9(7)3-5-10(6-4-9)8(12)13/h7,11H,1-6H2,(H,12,13). The Morgan fingerprint density at radius 1 is 1.31 bits per heavy atom. The van der Waals surface area contributed by atoms with Crippen molar-refractivity contribution in [1.82, 2.24) is 4.90 Å². The summed E-state index contributed by atoms with van der Waals surface area (Å²) in [7, 11) is 0. The van der Waals surface area contributed by atoms with Crippen LogP contribution in [0.5, 0.6) is 0 Å². The minimum Gasteiger partial charge on any atom is -0.465 e. The molecule has 74 valence electrons. The summed E-state index contributed by atoms with van der Waals surface area (Å²) in [6.45, 7) is 1.18. The van der Waals surface area contributed by atoms with Crippen molar-refractivity contribution in [2.75, 3.05) is 13.1 Å². The van der Waals surface area contributed by atoms with E-state index in [1.54, 1.807) is 0 Å². The minimum atomic E-state index is -0.830. The average molecular weight is 185 g/mol. The van der Waals surface area contributed by atoms with Crippen molar-refractivity contribution >= 4 is 6.09 Å². The van der Waals surface area contributed by atoms with Gasteiger partial charge in [-0.1, -0.05) is 0 Å². The van der Waals surface area contributed by atoms with Crippen LogP contribution in [0, 0.1) is 5.41 Å². The van der Waals surface area contributed by atoms with Gasteiger partial charge in [-0.05, 0) is 31.1 Å². The lowest BCUT2D eigenvalue weighted by Gasteiger charge is -2.51. The van der Waals surface area contributed by atoms with Gasteiger partial charge in [-0.15, -0.1) is 0 Å². The average Bonchev–Trinajstić information content (AvgIpc) is 2.15. The van der Waals surface area contributed by atoms with E-state index in [9.17, 15) is 9.90 Å². The summed E-state index contributed by atoms with van der Waals surface area (Å²) in [5.74, 6) is 0. The van der Waals surface area contributed by atoms with Gasteiger partial charge < -0.3 is 15.1 Å². The number of hydrogen-bond donors (Lipinski definition) is 2. The van der Waals surface area contributed by atoms with Crippen LogP contribution in [0.15, 0.2) is 0 Å². The molecule has 4 nitrogen and oxygen atoms in total. The first-order chi connectivity index (χ1) is 6.14. The molecule has 2 rings (SSSR count). The zero-order chi connectivity index (χ0) is 9.47. The number of likely N-dealkylation sites (tertiary alicyclic amines) is 1. The molecule has 0 radical (unpaired) electrons. The number of carboxylic acid groups (broad SMARTS) is 1. The Morgan fingerprint density at radius 2 is 1.92 bits per heavy atom. The molecule has 2 N–H and O–H groups in total. The highest BCUT2D eigenvalue weighted by Gasteiger charge is 2.47. The van der Waals surface area contributed by atoms with E-state index < -0.39 is 6.09 Å². The fourth-order valence-electron chi connectivity index (χ4n) is 2.41. The molecule has 1 aliphatic heterocycles. The van der Waals surface area contributed by atoms with Crippen molar-refractivity contribution in [3.05, 3.63) is 0 Å². The molecule has 1 aliphatic carbocycles. The molecule has 4 heteroatoms. The van der Waals surface area contributed by atoms with E-state index in [2.05, 4.69) is 0 Å². The summed E-state index contributed by atoms with van der Waals surface area (Å²) in [5.41, 5.74) is 0.0753. The van der Waals surface area contributed by atoms with Crippen molar-refractivity contribution in [3.8, 4) is 0 Å². The summed E-state index contributed by atoms with van der Waals surface area (Å²) in [6.07, 6.45) is 2.63. The zero-order valence-electron chi connectivity index (χ0n) is 7.57. The Bertz CT molecular complexity index is 221. The van der Waals surface area contributed by atoms with Crippen molar-refractivity contribution in [2.45, 2.75) is 31.8 Å². The van der Waals surface area contributed by atoms with Crippen LogP contribution >= 0.6 is 0 Å². The molecule has 0 aromatic carbocycles. The second-order valence-corrected chi connectivity index (χ2v) is 4.19. The molecular formula is C9H15NO3. The molecule has 1 heterocycles. The Kier molecular flexibility index (Phi) is 1.95. The molecular weight excluding hydrogens is 170 g/mol. The van der Waals surface area contributed by atoms with Crippen LogP contribution in [-0.2, 0) is 0 Å². The topological polar surface area (TPSA) is 60.8 Å². The van der Waals surface area contributed by atoms with Crippen molar-refractivity contribution < 1.29 is 15.0 Å². The van der Waals surface area contributed by atoms with Gasteiger partial charge in [0.25, 0.3) is 0 Å². The van der Waals surface area contributed by atoms with E-state index in [4.69, 9.17) is 5.11 Å². The van der Waals surface area contributed by atoms with Gasteiger partial charge in [0.05, 0.1) is 6.10 Å². The molecule has 0 aromatic heterocycles. The van der Waals surface area contributed by atoms with Gasteiger partial charge in [0.15, 0.2) is 0 Å². The molecule has 1 saturated heterocycles. The molecule has 1 spiro atoms. The first-order valence-electron chi connectivity index (χ1n) is 4.80. The monoisotopic (exact) mass is 185 g/mol. The van der Waals surface area contributed by atoms with Crippen molar-refractivity contribution in [1.29, 1.82) is 0 Å². The fraction of sp³-hybridized carbons (Fsp3) is 0.889. The number of hydrogen-bond acceptors (Lipinski definition) is 2. The Labute approximate surface area is 77.2 Å². The third-order valence-corrected chi connectivity index (χ3v) is 3.65. The largest absolute Gasteiger partial charge is 0.465 e. The normalized spacial score (nSPS) is 31.5. The number of aliphatic hydroxyl groups is 1. The SMILES string of the molecule is O=C(O)N1CCC2(CCC2O)CC1. The van der Waals surface area contributed by atoms with Crippen LogP contribution in [0.1, 0.15) is 25.7 Å². The van der Waals surface area contributed by atoms with E-state index in [0.29, 0.717) is 13.1 Å². The van der Waals surface area contributed by atoms with Gasteiger partial charge in [0.2, 0.25) is 0 Å². The molecule has 2 aliphatic rings. The van der Waals surface area contributed by atoms with E-state index in [-0.39, 0.29) is 11.5 Å². The third kappa shape index (κ3) is 1.29. The lowest BCUT2D eigenvalue weighted by atomic mass is 9.61. The predicted octanol–water partition coefficient (Wildman–Crippen LogP) is 0.901. The minimum absolute atomic E-state index is 0.0753. The summed E-state index contributed by atoms with van der Waals surface area (Å²) in [5, 5.41) is 18.3. The van der Waals surface area contributed by atoms with Crippen LogP contribution < -0.4 is 0 Å². The maximum atomic E-state index is 10.6. The number of amides is 1. The maximum Gasteiger partial charge on any atom is 0.407 e. The van der Waals surface area contributed by atoms with Crippen LogP contribution in [0.2, 0.25) is 0 Å². The molecule has 0 bridgehead atoms. The van der Waals surface area contributed by atoms with E-state index in [1.807, 2.05) is 0 Å². The highest BCUT2D eigenvalue weighted by atomic mass is 16.4. The maximum absolute atomic E-state index is 10.6. The summed E-state index contributed by atoms with van der Waals surface area (Å²) in [4.78, 5) is 12.1. The fourth-order valence-corrected chi connectivity index (χ4v) is 2.41. The van der Waals surface area contributed by atoms with Gasteiger partial charge in [0.1, 0.15) is 0 Å². The Morgan fingerprint density at radius 3 is 2.23 bits per heavy atom. The third-order valence-electron chi connectivity index (χ3n) is 3.65. The lowest BCUT2D eigenvalue weighted by Crippen LogP contribution is -2.53. The smallest absolute Gasteiger partial charge is 0.407 e. The summed E-state index contributed by atoms with van der Waals surface area (Å²) in [6, 6.07) is 0. The van der Waals surface area contributed by atoms with Gasteiger partial charge in [-0.3, -0.25) is 0 Å². The zero-order valence-corrected chi connectivity index (χ0v) is 7.57. The second-order valence-electron chi connectivity index (χ2n) is 4.19. The molecule has 1 saturated carbocycles. The van der Waals surface area contributed by atoms with E-state index in [0.717, 1.165) is 25.7 Å². The number of carbonyl (C=O) groups is 1. The second kappa shape index (κ2) is 2.87. The van der Waals surface area contributed by atoms with Crippen molar-refractivity contribution in [3.63, 3.8) is 0 Å². The number of nitrogens with zero attached hydrogens (tertiary/aromatic N) is 1. The number of rotatable bonds is 0. The molecule has 13 heavy (non-hydrogen) atoms. The van der Waals surface area contributed by atoms with Crippen LogP contribution in [0.4, 0.5) is 4.79 Å². The van der Waals surface area contributed by atoms with E-state index in [1.165, 1.54) is 4.90 Å². The van der Waals surface area contributed by atoms with Gasteiger partial charge in [0, 0.05) is 13.1 Å². The molecule has 1 amide bonds. The number of aliphatic hydroxyl groups excluding tert-OH is 1. The van der Waals surface area contributed by atoms with Crippen LogP contribution in [0.25, 0.3) is 0 Å². The lowest BCUT2D eigenvalue weighted by molar-refractivity contribution is -0.0960. The summed E-state index contributed by atoms with van der Waals surface area (Å²) >= 11 is 0. The van der Waals surface area contributed by atoms with Crippen LogP contribution in [-0.4, -0.2) is 40.4 Å². The molecule has 1 unspecified atom stereocenters. The summed E-state index contributed by atoms with van der Waals surface area (Å²) < 4.78 is 0.